The third-order valence-corrected chi connectivity index (χ3v) is 2.90. The van der Waals surface area contributed by atoms with E-state index in [0.29, 0.717) is 12.6 Å². The molecule has 1 aliphatic heterocycles. The molecule has 0 aromatic heterocycles. The van der Waals surface area contributed by atoms with E-state index in [0.717, 1.165) is 25.7 Å². The second-order valence-corrected chi connectivity index (χ2v) is 4.26. The minimum absolute atomic E-state index is 0.0877. The quantitative estimate of drug-likeness (QED) is 0.702. The molecule has 0 bridgehead atoms. The fourth-order valence-corrected chi connectivity index (χ4v) is 1.88. The lowest BCUT2D eigenvalue weighted by Gasteiger charge is -2.23. The second kappa shape index (κ2) is 4.78. The molecule has 2 unspecified atom stereocenters. The van der Waals surface area contributed by atoms with Gasteiger partial charge in [0.05, 0.1) is 6.61 Å². The first-order chi connectivity index (χ1) is 6.62. The van der Waals surface area contributed by atoms with Gasteiger partial charge in [0.2, 0.25) is 0 Å². The van der Waals surface area contributed by atoms with E-state index in [9.17, 15) is 4.79 Å². The van der Waals surface area contributed by atoms with Gasteiger partial charge in [-0.15, -0.1) is 0 Å². The van der Waals surface area contributed by atoms with Gasteiger partial charge in [0.25, 0.3) is 0 Å². The summed E-state index contributed by atoms with van der Waals surface area (Å²) in [4.78, 5) is 11.7. The van der Waals surface area contributed by atoms with Gasteiger partial charge >= 0.3 is 5.97 Å². The van der Waals surface area contributed by atoms with Crippen molar-refractivity contribution in [2.24, 2.45) is 0 Å². The van der Waals surface area contributed by atoms with E-state index in [1.807, 2.05) is 13.8 Å². The Kier molecular flexibility index (Phi) is 3.93. The molecule has 1 aliphatic rings. The average Bonchev–Trinajstić information content (AvgIpc) is 2.58. The van der Waals surface area contributed by atoms with Gasteiger partial charge in [-0.1, -0.05) is 13.8 Å². The zero-order valence-electron chi connectivity index (χ0n) is 9.43. The van der Waals surface area contributed by atoms with Crippen LogP contribution in [0.5, 0.6) is 0 Å². The summed E-state index contributed by atoms with van der Waals surface area (Å²) in [6.45, 7) is 6.63. The Morgan fingerprint density at radius 3 is 2.79 bits per heavy atom. The summed E-state index contributed by atoms with van der Waals surface area (Å²) in [6, 6.07) is 0.481. The van der Waals surface area contributed by atoms with Gasteiger partial charge < -0.3 is 4.74 Å². The van der Waals surface area contributed by atoms with Crippen molar-refractivity contribution in [3.8, 4) is 0 Å². The van der Waals surface area contributed by atoms with E-state index in [1.165, 1.54) is 0 Å². The number of rotatable bonds is 4. The van der Waals surface area contributed by atoms with Crippen molar-refractivity contribution in [2.75, 3.05) is 6.61 Å². The van der Waals surface area contributed by atoms with Crippen LogP contribution in [0.15, 0.2) is 0 Å². The van der Waals surface area contributed by atoms with E-state index < -0.39 is 5.54 Å². The number of nitrogens with one attached hydrogen (secondary N) is 1. The fourth-order valence-electron chi connectivity index (χ4n) is 1.88. The minimum atomic E-state index is -0.435. The molecule has 0 radical (unpaired) electrons. The Bertz CT molecular complexity index is 205. The third kappa shape index (κ3) is 2.47. The molecule has 0 aromatic carbocycles. The molecule has 3 heteroatoms. The van der Waals surface area contributed by atoms with E-state index in [-0.39, 0.29) is 5.97 Å². The average molecular weight is 199 g/mol. The maximum absolute atomic E-state index is 11.7. The molecule has 0 aromatic rings. The van der Waals surface area contributed by atoms with Crippen molar-refractivity contribution in [1.82, 2.24) is 5.32 Å². The predicted molar refractivity (Wildman–Crippen MR) is 56.1 cm³/mol. The Labute approximate surface area is 86.2 Å². The van der Waals surface area contributed by atoms with Crippen LogP contribution in [-0.4, -0.2) is 24.2 Å². The van der Waals surface area contributed by atoms with Crippen molar-refractivity contribution in [3.05, 3.63) is 0 Å². The predicted octanol–water partition coefficient (Wildman–Crippen LogP) is 1.86. The zero-order chi connectivity index (χ0) is 10.6. The summed E-state index contributed by atoms with van der Waals surface area (Å²) in [5, 5.41) is 3.35. The van der Waals surface area contributed by atoms with E-state index in [2.05, 4.69) is 12.2 Å². The molecular formula is C11H21NO2. The highest BCUT2D eigenvalue weighted by Gasteiger charge is 2.41. The van der Waals surface area contributed by atoms with Crippen molar-refractivity contribution >= 4 is 5.97 Å². The molecule has 2 atom stereocenters. The number of hydrogen-bond donors (Lipinski definition) is 1. The first-order valence-corrected chi connectivity index (χ1v) is 5.57. The van der Waals surface area contributed by atoms with Crippen molar-refractivity contribution < 1.29 is 9.53 Å². The molecule has 0 aliphatic carbocycles. The number of hydrogen-bond acceptors (Lipinski definition) is 3. The summed E-state index contributed by atoms with van der Waals surface area (Å²) in [5.74, 6) is -0.0877. The Hall–Kier alpha value is -0.570. The summed E-state index contributed by atoms with van der Waals surface area (Å²) < 4.78 is 5.17. The van der Waals surface area contributed by atoms with Gasteiger partial charge in [-0.3, -0.25) is 10.1 Å². The number of carbonyl (C=O) groups is 1. The van der Waals surface area contributed by atoms with Crippen LogP contribution >= 0.6 is 0 Å². The Morgan fingerprint density at radius 2 is 2.29 bits per heavy atom. The number of carbonyl (C=O) groups excluding carboxylic acids is 1. The molecule has 1 fully saturated rings. The second-order valence-electron chi connectivity index (χ2n) is 4.26. The van der Waals surface area contributed by atoms with E-state index in [1.54, 1.807) is 0 Å². The molecule has 1 heterocycles. The fraction of sp³-hybridized carbons (Fsp3) is 0.909. The Balaban J connectivity index is 2.45. The first kappa shape index (κ1) is 11.5. The number of esters is 1. The van der Waals surface area contributed by atoms with Crippen LogP contribution < -0.4 is 5.32 Å². The van der Waals surface area contributed by atoms with Crippen molar-refractivity contribution in [3.63, 3.8) is 0 Å². The van der Waals surface area contributed by atoms with Crippen molar-refractivity contribution in [1.29, 1.82) is 0 Å². The maximum atomic E-state index is 11.7. The molecule has 0 amide bonds. The molecule has 14 heavy (non-hydrogen) atoms. The molecule has 1 saturated heterocycles. The van der Waals surface area contributed by atoms with Crippen LogP contribution in [0.1, 0.15) is 46.5 Å². The topological polar surface area (TPSA) is 38.3 Å². The highest BCUT2D eigenvalue weighted by molar-refractivity contribution is 5.80. The van der Waals surface area contributed by atoms with Crippen LogP contribution in [0.4, 0.5) is 0 Å². The lowest BCUT2D eigenvalue weighted by atomic mass is 10.0. The molecule has 1 N–H and O–H groups in total. The SMILES string of the molecule is CCCOC(=O)C1(C)CCC(CC)N1. The van der Waals surface area contributed by atoms with Gasteiger partial charge in [0.1, 0.15) is 5.54 Å². The zero-order valence-corrected chi connectivity index (χ0v) is 9.43. The molecule has 3 nitrogen and oxygen atoms in total. The summed E-state index contributed by atoms with van der Waals surface area (Å²) in [7, 11) is 0. The van der Waals surface area contributed by atoms with Crippen LogP contribution in [0.2, 0.25) is 0 Å². The molecular weight excluding hydrogens is 178 g/mol. The van der Waals surface area contributed by atoms with Crippen molar-refractivity contribution in [2.45, 2.75) is 58.0 Å². The van der Waals surface area contributed by atoms with Gasteiger partial charge in [0.15, 0.2) is 0 Å². The van der Waals surface area contributed by atoms with Crippen LogP contribution in [0.25, 0.3) is 0 Å². The van der Waals surface area contributed by atoms with Gasteiger partial charge in [-0.25, -0.2) is 0 Å². The third-order valence-electron chi connectivity index (χ3n) is 2.90. The van der Waals surface area contributed by atoms with Crippen LogP contribution in [0, 0.1) is 0 Å². The molecule has 0 spiro atoms. The van der Waals surface area contributed by atoms with Gasteiger partial charge in [-0.05, 0) is 32.6 Å². The lowest BCUT2D eigenvalue weighted by Crippen LogP contribution is -2.48. The smallest absolute Gasteiger partial charge is 0.326 e. The maximum Gasteiger partial charge on any atom is 0.326 e. The van der Waals surface area contributed by atoms with Crippen LogP contribution in [-0.2, 0) is 9.53 Å². The minimum Gasteiger partial charge on any atom is -0.464 e. The van der Waals surface area contributed by atoms with Crippen LogP contribution in [0.3, 0.4) is 0 Å². The molecule has 1 rings (SSSR count). The first-order valence-electron chi connectivity index (χ1n) is 5.57. The van der Waals surface area contributed by atoms with E-state index >= 15 is 0 Å². The number of ether oxygens (including phenoxy) is 1. The lowest BCUT2D eigenvalue weighted by molar-refractivity contribution is -0.150. The monoisotopic (exact) mass is 199 g/mol. The normalized spacial score (nSPS) is 31.8. The largest absolute Gasteiger partial charge is 0.464 e. The molecule has 82 valence electrons. The highest BCUT2D eigenvalue weighted by Crippen LogP contribution is 2.25. The van der Waals surface area contributed by atoms with Gasteiger partial charge in [-0.2, -0.15) is 0 Å². The van der Waals surface area contributed by atoms with Gasteiger partial charge in [0, 0.05) is 6.04 Å². The molecule has 0 saturated carbocycles. The summed E-state index contributed by atoms with van der Waals surface area (Å²) in [5.41, 5.74) is -0.435. The Morgan fingerprint density at radius 1 is 1.57 bits per heavy atom. The van der Waals surface area contributed by atoms with E-state index in [4.69, 9.17) is 4.74 Å². The summed E-state index contributed by atoms with van der Waals surface area (Å²) in [6.07, 6.45) is 3.94. The highest BCUT2D eigenvalue weighted by atomic mass is 16.5. The standard InChI is InChI=1S/C11H21NO2/c1-4-8-14-10(13)11(3)7-6-9(5-2)12-11/h9,12H,4-8H2,1-3H3. The summed E-state index contributed by atoms with van der Waals surface area (Å²) >= 11 is 0.